The molecule has 86 valence electrons. The number of hydrogen-bond donors (Lipinski definition) is 1. The predicted molar refractivity (Wildman–Crippen MR) is 71.7 cm³/mol. The average Bonchev–Trinajstić information content (AvgIpc) is 2.74. The first kappa shape index (κ1) is 13.6. The molecule has 0 saturated heterocycles. The molecule has 0 bridgehead atoms. The number of hydrogen-bond acceptors (Lipinski definition) is 2. The minimum Gasteiger partial charge on any atom is -0.320 e. The van der Waals surface area contributed by atoms with Gasteiger partial charge in [-0.25, -0.2) is 4.39 Å². The van der Waals surface area contributed by atoms with Gasteiger partial charge in [0.05, 0.1) is 10.5 Å². The van der Waals surface area contributed by atoms with E-state index in [9.17, 15) is 4.39 Å². The minimum atomic E-state index is -0.279. The van der Waals surface area contributed by atoms with Gasteiger partial charge in [-0.3, -0.25) is 0 Å². The van der Waals surface area contributed by atoms with Gasteiger partial charge in [-0.15, -0.1) is 12.4 Å². The van der Waals surface area contributed by atoms with Crippen LogP contribution in [0.1, 0.15) is 17.2 Å². The van der Waals surface area contributed by atoms with Crippen LogP contribution in [0.25, 0.3) is 0 Å². The van der Waals surface area contributed by atoms with E-state index in [0.29, 0.717) is 4.47 Å². The standard InChI is InChI=1S/C11H9BrFNS.ClH/c12-9-2-1-7(5-10(9)13)11(14)8-3-4-15-6-8;/h1-6,11H,14H2;1H/t11-;/m0./s1. The SMILES string of the molecule is Cl.N[C@H](c1ccsc1)c1ccc(Br)c(F)c1. The Hall–Kier alpha value is -0.420. The van der Waals surface area contributed by atoms with Gasteiger partial charge >= 0.3 is 0 Å². The molecule has 0 unspecified atom stereocenters. The Labute approximate surface area is 112 Å². The molecule has 0 aliphatic carbocycles. The summed E-state index contributed by atoms with van der Waals surface area (Å²) in [5, 5.41) is 3.94. The molecule has 16 heavy (non-hydrogen) atoms. The van der Waals surface area contributed by atoms with E-state index in [1.54, 1.807) is 17.4 Å². The van der Waals surface area contributed by atoms with Gasteiger partial charge in [0, 0.05) is 0 Å². The first-order valence-electron chi connectivity index (χ1n) is 4.41. The van der Waals surface area contributed by atoms with Gasteiger partial charge in [-0.05, 0) is 56.0 Å². The number of halogens is 3. The number of nitrogens with two attached hydrogens (primary N) is 1. The van der Waals surface area contributed by atoms with E-state index < -0.39 is 0 Å². The summed E-state index contributed by atoms with van der Waals surface area (Å²) in [7, 11) is 0. The van der Waals surface area contributed by atoms with Crippen molar-refractivity contribution >= 4 is 39.7 Å². The molecule has 1 atom stereocenters. The first-order valence-corrected chi connectivity index (χ1v) is 6.14. The molecular formula is C11H10BrClFNS. The van der Waals surface area contributed by atoms with Crippen molar-refractivity contribution in [3.63, 3.8) is 0 Å². The van der Waals surface area contributed by atoms with Crippen molar-refractivity contribution in [2.75, 3.05) is 0 Å². The zero-order valence-electron chi connectivity index (χ0n) is 8.19. The van der Waals surface area contributed by atoms with Crippen LogP contribution in [0.2, 0.25) is 0 Å². The van der Waals surface area contributed by atoms with E-state index in [2.05, 4.69) is 15.9 Å². The lowest BCUT2D eigenvalue weighted by Crippen LogP contribution is -2.10. The van der Waals surface area contributed by atoms with Crippen molar-refractivity contribution in [3.8, 4) is 0 Å². The molecular weight excluding hydrogens is 313 g/mol. The van der Waals surface area contributed by atoms with Crippen LogP contribution in [-0.4, -0.2) is 0 Å². The molecule has 2 rings (SSSR count). The van der Waals surface area contributed by atoms with Crippen LogP contribution < -0.4 is 5.73 Å². The molecule has 1 aromatic carbocycles. The minimum absolute atomic E-state index is 0. The lowest BCUT2D eigenvalue weighted by molar-refractivity contribution is 0.617. The monoisotopic (exact) mass is 321 g/mol. The second-order valence-corrected chi connectivity index (χ2v) is 4.84. The zero-order valence-corrected chi connectivity index (χ0v) is 11.4. The maximum Gasteiger partial charge on any atom is 0.137 e. The van der Waals surface area contributed by atoms with E-state index >= 15 is 0 Å². The second kappa shape index (κ2) is 5.77. The summed E-state index contributed by atoms with van der Waals surface area (Å²) in [4.78, 5) is 0. The van der Waals surface area contributed by atoms with Crippen LogP contribution >= 0.6 is 39.7 Å². The van der Waals surface area contributed by atoms with Crippen molar-refractivity contribution in [3.05, 3.63) is 56.4 Å². The van der Waals surface area contributed by atoms with Crippen molar-refractivity contribution in [2.24, 2.45) is 5.73 Å². The van der Waals surface area contributed by atoms with Gasteiger partial charge in [0.25, 0.3) is 0 Å². The first-order chi connectivity index (χ1) is 7.18. The Balaban J connectivity index is 0.00000128. The molecule has 0 amide bonds. The summed E-state index contributed by atoms with van der Waals surface area (Å²) in [5.41, 5.74) is 7.81. The van der Waals surface area contributed by atoms with Crippen LogP contribution in [0.5, 0.6) is 0 Å². The highest BCUT2D eigenvalue weighted by atomic mass is 79.9. The number of benzene rings is 1. The summed E-state index contributed by atoms with van der Waals surface area (Å²) in [6, 6.07) is 6.67. The number of rotatable bonds is 2. The molecule has 2 aromatic rings. The van der Waals surface area contributed by atoms with E-state index in [0.717, 1.165) is 11.1 Å². The predicted octanol–water partition coefficient (Wildman–Crippen LogP) is 4.12. The van der Waals surface area contributed by atoms with E-state index in [-0.39, 0.29) is 24.3 Å². The molecule has 0 aliphatic rings. The fourth-order valence-electron chi connectivity index (χ4n) is 1.35. The summed E-state index contributed by atoms with van der Waals surface area (Å²) < 4.78 is 13.7. The topological polar surface area (TPSA) is 26.0 Å². The van der Waals surface area contributed by atoms with Gasteiger partial charge in [-0.2, -0.15) is 11.3 Å². The van der Waals surface area contributed by atoms with Gasteiger partial charge in [0.1, 0.15) is 5.82 Å². The van der Waals surface area contributed by atoms with Crippen LogP contribution in [0, 0.1) is 5.82 Å². The summed E-state index contributed by atoms with van der Waals surface area (Å²) in [6.07, 6.45) is 0. The second-order valence-electron chi connectivity index (χ2n) is 3.21. The lowest BCUT2D eigenvalue weighted by Gasteiger charge is -2.10. The Kier molecular flexibility index (Phi) is 4.92. The molecule has 1 nitrogen and oxygen atoms in total. The highest BCUT2D eigenvalue weighted by Crippen LogP contribution is 2.24. The Bertz CT molecular complexity index is 461. The van der Waals surface area contributed by atoms with Crippen LogP contribution in [0.15, 0.2) is 39.5 Å². The quantitative estimate of drug-likeness (QED) is 0.884. The molecule has 0 saturated carbocycles. The van der Waals surface area contributed by atoms with Gasteiger partial charge in [0.15, 0.2) is 0 Å². The van der Waals surface area contributed by atoms with Crippen molar-refractivity contribution in [1.82, 2.24) is 0 Å². The molecule has 1 heterocycles. The zero-order chi connectivity index (χ0) is 10.8. The van der Waals surface area contributed by atoms with E-state index in [1.165, 1.54) is 6.07 Å². The molecule has 0 spiro atoms. The van der Waals surface area contributed by atoms with Gasteiger partial charge in [-0.1, -0.05) is 6.07 Å². The molecule has 0 radical (unpaired) electrons. The smallest absolute Gasteiger partial charge is 0.137 e. The fraction of sp³-hybridized carbons (Fsp3) is 0.0909. The van der Waals surface area contributed by atoms with Crippen LogP contribution in [0.4, 0.5) is 4.39 Å². The third-order valence-electron chi connectivity index (χ3n) is 2.21. The van der Waals surface area contributed by atoms with Crippen LogP contribution in [0.3, 0.4) is 0 Å². The maximum absolute atomic E-state index is 13.3. The van der Waals surface area contributed by atoms with Crippen LogP contribution in [-0.2, 0) is 0 Å². The molecule has 2 N–H and O–H groups in total. The molecule has 0 fully saturated rings. The van der Waals surface area contributed by atoms with Crippen molar-refractivity contribution in [2.45, 2.75) is 6.04 Å². The maximum atomic E-state index is 13.3. The third-order valence-corrected chi connectivity index (χ3v) is 3.55. The lowest BCUT2D eigenvalue weighted by atomic mass is 10.0. The fourth-order valence-corrected chi connectivity index (χ4v) is 2.29. The van der Waals surface area contributed by atoms with E-state index in [4.69, 9.17) is 5.73 Å². The number of thiophene rings is 1. The molecule has 5 heteroatoms. The normalized spacial score (nSPS) is 11.9. The largest absolute Gasteiger partial charge is 0.320 e. The Morgan fingerprint density at radius 2 is 2.00 bits per heavy atom. The summed E-state index contributed by atoms with van der Waals surface area (Å²) in [5.74, 6) is -0.279. The van der Waals surface area contributed by atoms with E-state index in [1.807, 2.05) is 22.9 Å². The third kappa shape index (κ3) is 2.83. The summed E-state index contributed by atoms with van der Waals surface area (Å²) >= 11 is 4.70. The molecule has 0 aliphatic heterocycles. The Morgan fingerprint density at radius 3 is 2.56 bits per heavy atom. The highest BCUT2D eigenvalue weighted by molar-refractivity contribution is 9.10. The van der Waals surface area contributed by atoms with Crippen molar-refractivity contribution in [1.29, 1.82) is 0 Å². The summed E-state index contributed by atoms with van der Waals surface area (Å²) in [6.45, 7) is 0. The molecule has 1 aromatic heterocycles. The van der Waals surface area contributed by atoms with Gasteiger partial charge in [0.2, 0.25) is 0 Å². The van der Waals surface area contributed by atoms with Gasteiger partial charge < -0.3 is 5.73 Å². The average molecular weight is 323 g/mol. The van der Waals surface area contributed by atoms with Crippen molar-refractivity contribution < 1.29 is 4.39 Å². The Morgan fingerprint density at radius 1 is 1.25 bits per heavy atom. The highest BCUT2D eigenvalue weighted by Gasteiger charge is 2.10.